The van der Waals surface area contributed by atoms with Crippen LogP contribution in [0.1, 0.15) is 12.5 Å². The molecule has 27 heavy (non-hydrogen) atoms. The Labute approximate surface area is 155 Å². The van der Waals surface area contributed by atoms with Crippen LogP contribution in [0, 0.1) is 0 Å². The Bertz CT molecular complexity index is 1130. The number of nitrogens with zero attached hydrogens (tertiary/aromatic N) is 2. The van der Waals surface area contributed by atoms with Crippen LogP contribution in [0.3, 0.4) is 0 Å². The fourth-order valence-corrected chi connectivity index (χ4v) is 3.04. The second-order valence-electron chi connectivity index (χ2n) is 6.44. The van der Waals surface area contributed by atoms with E-state index in [1.807, 2.05) is 42.5 Å². The molecule has 2 aromatic carbocycles. The van der Waals surface area contributed by atoms with Gasteiger partial charge < -0.3 is 14.3 Å². The van der Waals surface area contributed by atoms with E-state index in [1.165, 1.54) is 16.5 Å². The third-order valence-corrected chi connectivity index (χ3v) is 4.53. The van der Waals surface area contributed by atoms with E-state index in [4.69, 9.17) is 9.15 Å². The number of aryl methyl sites for hydroxylation is 1. The molecule has 1 atom stereocenters. The fraction of sp³-hybridized carbons (Fsp3) is 0.238. The van der Waals surface area contributed by atoms with E-state index < -0.39 is 6.10 Å². The van der Waals surface area contributed by atoms with Gasteiger partial charge in [0.1, 0.15) is 29.6 Å². The zero-order chi connectivity index (χ0) is 18.8. The van der Waals surface area contributed by atoms with Crippen molar-refractivity contribution in [2.45, 2.75) is 26.0 Å². The maximum absolute atomic E-state index is 12.7. The van der Waals surface area contributed by atoms with E-state index >= 15 is 0 Å². The molecule has 0 aliphatic rings. The Kier molecular flexibility index (Phi) is 4.64. The third kappa shape index (κ3) is 3.44. The minimum Gasteiger partial charge on any atom is -0.491 e. The lowest BCUT2D eigenvalue weighted by molar-refractivity contribution is 0.0914. The van der Waals surface area contributed by atoms with Gasteiger partial charge in [-0.15, -0.1) is 0 Å². The van der Waals surface area contributed by atoms with Gasteiger partial charge in [-0.05, 0) is 36.2 Å². The summed E-state index contributed by atoms with van der Waals surface area (Å²) in [5.74, 6) is 0.685. The van der Waals surface area contributed by atoms with Crippen LogP contribution in [0.25, 0.3) is 22.1 Å². The lowest BCUT2D eigenvalue weighted by Gasteiger charge is -2.13. The smallest absolute Gasteiger partial charge is 0.297 e. The van der Waals surface area contributed by atoms with Crippen molar-refractivity contribution in [1.29, 1.82) is 0 Å². The van der Waals surface area contributed by atoms with Gasteiger partial charge in [-0.2, -0.15) is 0 Å². The first-order valence-electron chi connectivity index (χ1n) is 8.92. The van der Waals surface area contributed by atoms with E-state index in [-0.39, 0.29) is 24.3 Å². The Balaban J connectivity index is 1.49. The molecule has 0 amide bonds. The molecule has 6 heteroatoms. The molecule has 0 bridgehead atoms. The number of furan rings is 1. The van der Waals surface area contributed by atoms with Crippen molar-refractivity contribution >= 4 is 22.1 Å². The van der Waals surface area contributed by atoms with Crippen LogP contribution < -0.4 is 10.3 Å². The molecule has 0 aliphatic heterocycles. The van der Waals surface area contributed by atoms with Gasteiger partial charge in [-0.1, -0.05) is 31.2 Å². The monoisotopic (exact) mass is 364 g/mol. The van der Waals surface area contributed by atoms with E-state index in [2.05, 4.69) is 11.9 Å². The highest BCUT2D eigenvalue weighted by molar-refractivity contribution is 6.01. The van der Waals surface area contributed by atoms with Crippen molar-refractivity contribution < 1.29 is 14.3 Å². The molecule has 2 heterocycles. The Morgan fingerprint density at radius 1 is 1.19 bits per heavy atom. The summed E-state index contributed by atoms with van der Waals surface area (Å²) in [6, 6.07) is 15.1. The van der Waals surface area contributed by atoms with Crippen molar-refractivity contribution in [1.82, 2.24) is 9.55 Å². The first kappa shape index (κ1) is 17.3. The number of benzene rings is 2. The standard InChI is InChI=1S/C21H20N2O4/c1-2-14-7-9-16(10-8-14)26-12-15(24)11-23-13-22-19-17-5-3-4-6-18(17)27-20(19)21(23)25/h3-10,13,15,24H,2,11-12H2,1H3. The lowest BCUT2D eigenvalue weighted by atomic mass is 10.2. The Hall–Kier alpha value is -3.12. The normalized spacial score (nSPS) is 12.5. The summed E-state index contributed by atoms with van der Waals surface area (Å²) in [4.78, 5) is 17.0. The van der Waals surface area contributed by atoms with Crippen LogP contribution in [0.15, 0.2) is 64.1 Å². The predicted molar refractivity (Wildman–Crippen MR) is 103 cm³/mol. The van der Waals surface area contributed by atoms with Gasteiger partial charge in [-0.3, -0.25) is 9.36 Å². The summed E-state index contributed by atoms with van der Waals surface area (Å²) in [5.41, 5.74) is 2.26. The van der Waals surface area contributed by atoms with Crippen molar-refractivity contribution in [3.05, 3.63) is 70.8 Å². The minimum absolute atomic E-state index is 0.0753. The molecule has 0 fully saturated rings. The molecule has 4 aromatic rings. The molecule has 0 saturated heterocycles. The number of aliphatic hydroxyl groups excluding tert-OH is 1. The van der Waals surface area contributed by atoms with E-state index in [1.54, 1.807) is 6.07 Å². The van der Waals surface area contributed by atoms with Gasteiger partial charge in [-0.25, -0.2) is 4.98 Å². The number of rotatable bonds is 6. The number of fused-ring (bicyclic) bond motifs is 3. The van der Waals surface area contributed by atoms with E-state index in [0.29, 0.717) is 16.8 Å². The zero-order valence-corrected chi connectivity index (χ0v) is 15.0. The first-order chi connectivity index (χ1) is 13.2. The second kappa shape index (κ2) is 7.25. The van der Waals surface area contributed by atoms with Crippen LogP contribution >= 0.6 is 0 Å². The van der Waals surface area contributed by atoms with E-state index in [9.17, 15) is 9.90 Å². The van der Waals surface area contributed by atoms with E-state index in [0.717, 1.165) is 11.8 Å². The summed E-state index contributed by atoms with van der Waals surface area (Å²) in [6.45, 7) is 2.24. The highest BCUT2D eigenvalue weighted by Crippen LogP contribution is 2.24. The number of aliphatic hydroxyl groups is 1. The predicted octanol–water partition coefficient (Wildman–Crippen LogP) is 3.15. The average molecular weight is 364 g/mol. The summed E-state index contributed by atoms with van der Waals surface area (Å²) >= 11 is 0. The summed E-state index contributed by atoms with van der Waals surface area (Å²) in [6.07, 6.45) is 1.55. The van der Waals surface area contributed by atoms with Crippen LogP contribution in [0.5, 0.6) is 5.75 Å². The molecule has 4 rings (SSSR count). The van der Waals surface area contributed by atoms with Crippen molar-refractivity contribution in [2.75, 3.05) is 6.61 Å². The van der Waals surface area contributed by atoms with Gasteiger partial charge in [0, 0.05) is 5.39 Å². The molecule has 0 saturated carbocycles. The van der Waals surface area contributed by atoms with Crippen LogP contribution in [0.2, 0.25) is 0 Å². The molecule has 138 valence electrons. The number of aromatic nitrogens is 2. The Morgan fingerprint density at radius 3 is 2.74 bits per heavy atom. The molecule has 0 radical (unpaired) electrons. The molecule has 1 N–H and O–H groups in total. The maximum Gasteiger partial charge on any atom is 0.297 e. The summed E-state index contributed by atoms with van der Waals surface area (Å²) < 4.78 is 12.6. The molecule has 6 nitrogen and oxygen atoms in total. The summed E-state index contributed by atoms with van der Waals surface area (Å²) in [5, 5.41) is 11.1. The van der Waals surface area contributed by atoms with Gasteiger partial charge >= 0.3 is 0 Å². The molecule has 1 unspecified atom stereocenters. The number of para-hydroxylation sites is 1. The lowest BCUT2D eigenvalue weighted by Crippen LogP contribution is -2.30. The van der Waals surface area contributed by atoms with Gasteiger partial charge in [0.05, 0.1) is 12.9 Å². The first-order valence-corrected chi connectivity index (χ1v) is 8.92. The Morgan fingerprint density at radius 2 is 1.96 bits per heavy atom. The zero-order valence-electron chi connectivity index (χ0n) is 15.0. The highest BCUT2D eigenvalue weighted by atomic mass is 16.5. The van der Waals surface area contributed by atoms with Crippen LogP contribution in [-0.2, 0) is 13.0 Å². The SMILES string of the molecule is CCc1ccc(OCC(O)Cn2cnc3c(oc4ccccc43)c2=O)cc1. The van der Waals surface area contributed by atoms with Crippen LogP contribution in [0.4, 0.5) is 0 Å². The number of ether oxygens (including phenoxy) is 1. The quantitative estimate of drug-likeness (QED) is 0.569. The van der Waals surface area contributed by atoms with Crippen LogP contribution in [-0.4, -0.2) is 27.4 Å². The number of hydrogen-bond acceptors (Lipinski definition) is 5. The summed E-state index contributed by atoms with van der Waals surface area (Å²) in [7, 11) is 0. The third-order valence-electron chi connectivity index (χ3n) is 4.53. The molecular weight excluding hydrogens is 344 g/mol. The average Bonchev–Trinajstić information content (AvgIpc) is 3.08. The topological polar surface area (TPSA) is 77.5 Å². The molecular formula is C21H20N2O4. The largest absolute Gasteiger partial charge is 0.491 e. The minimum atomic E-state index is -0.850. The maximum atomic E-state index is 12.7. The molecule has 2 aromatic heterocycles. The highest BCUT2D eigenvalue weighted by Gasteiger charge is 2.15. The fourth-order valence-electron chi connectivity index (χ4n) is 3.04. The molecule has 0 aliphatic carbocycles. The van der Waals surface area contributed by atoms with Crippen molar-refractivity contribution in [2.24, 2.45) is 0 Å². The van der Waals surface area contributed by atoms with Gasteiger partial charge in [0.25, 0.3) is 5.56 Å². The van der Waals surface area contributed by atoms with Gasteiger partial charge in [0.2, 0.25) is 5.58 Å². The number of hydrogen-bond donors (Lipinski definition) is 1. The van der Waals surface area contributed by atoms with Crippen molar-refractivity contribution in [3.8, 4) is 5.75 Å². The van der Waals surface area contributed by atoms with Crippen molar-refractivity contribution in [3.63, 3.8) is 0 Å². The molecule has 0 spiro atoms. The second-order valence-corrected chi connectivity index (χ2v) is 6.44. The van der Waals surface area contributed by atoms with Gasteiger partial charge in [0.15, 0.2) is 0 Å².